The van der Waals surface area contributed by atoms with Crippen molar-refractivity contribution in [2.45, 2.75) is 96.9 Å². The first-order chi connectivity index (χ1) is 22.0. The first-order valence-electron chi connectivity index (χ1n) is 16.9. The smallest absolute Gasteiger partial charge is 0.180 e. The summed E-state index contributed by atoms with van der Waals surface area (Å²) >= 11 is 0. The van der Waals surface area contributed by atoms with Crippen molar-refractivity contribution >= 4 is 5.78 Å². The largest absolute Gasteiger partial charge is 0.493 e. The Hall–Kier alpha value is -2.89. The zero-order valence-electron chi connectivity index (χ0n) is 26.8. The third-order valence-electron chi connectivity index (χ3n) is 14.5. The predicted octanol–water partition coefficient (Wildman–Crippen LogP) is 1.50. The fourth-order valence-electron chi connectivity index (χ4n) is 12.5. The molecule has 0 aromatic heterocycles. The lowest BCUT2D eigenvalue weighted by atomic mass is 9.42. The van der Waals surface area contributed by atoms with E-state index in [1.54, 1.807) is 14.2 Å². The summed E-state index contributed by atoms with van der Waals surface area (Å²) in [5, 5.41) is 39.3. The van der Waals surface area contributed by atoms with Crippen LogP contribution in [0.25, 0.3) is 0 Å². The van der Waals surface area contributed by atoms with Crippen molar-refractivity contribution in [1.82, 2.24) is 9.80 Å². The Bertz CT molecular complexity index is 1750. The van der Waals surface area contributed by atoms with Crippen molar-refractivity contribution in [2.75, 3.05) is 41.4 Å². The van der Waals surface area contributed by atoms with Gasteiger partial charge in [-0.1, -0.05) is 12.1 Å². The number of hydrogen-bond donors (Lipinski definition) is 3. The van der Waals surface area contributed by atoms with Gasteiger partial charge in [-0.3, -0.25) is 4.79 Å². The topological polar surface area (TPSA) is 121 Å². The van der Waals surface area contributed by atoms with Gasteiger partial charge in [-0.05, 0) is 95.4 Å². The molecule has 10 heteroatoms. The first kappa shape index (κ1) is 28.2. The molecule has 2 aromatic rings. The Morgan fingerprint density at radius 3 is 1.96 bits per heavy atom. The molecule has 10 nitrogen and oxygen atoms in total. The predicted molar refractivity (Wildman–Crippen MR) is 165 cm³/mol. The number of aliphatic hydroxyl groups is 3. The van der Waals surface area contributed by atoms with Crippen molar-refractivity contribution in [3.63, 3.8) is 0 Å². The molecule has 4 fully saturated rings. The molecule has 10 atom stereocenters. The van der Waals surface area contributed by atoms with Crippen LogP contribution in [0, 0.1) is 5.92 Å². The van der Waals surface area contributed by atoms with Gasteiger partial charge in [0.2, 0.25) is 0 Å². The molecule has 4 aliphatic heterocycles. The maximum Gasteiger partial charge on any atom is 0.180 e. The minimum absolute atomic E-state index is 0.0886. The van der Waals surface area contributed by atoms with Crippen LogP contribution in [0.1, 0.15) is 54.4 Å². The van der Waals surface area contributed by atoms with Gasteiger partial charge in [0.1, 0.15) is 11.7 Å². The molecule has 2 spiro atoms. The Kier molecular flexibility index (Phi) is 5.13. The molecule has 4 bridgehead atoms. The lowest BCUT2D eigenvalue weighted by Crippen LogP contribution is -2.82. The summed E-state index contributed by atoms with van der Waals surface area (Å²) in [5.41, 5.74) is -2.03. The molecule has 4 heterocycles. The molecule has 2 aromatic carbocycles. The van der Waals surface area contributed by atoms with Gasteiger partial charge in [0.25, 0.3) is 0 Å². The van der Waals surface area contributed by atoms with Crippen molar-refractivity contribution in [3.05, 3.63) is 46.5 Å². The normalized spacial score (nSPS) is 45.8. The second-order valence-electron chi connectivity index (χ2n) is 15.6. The highest BCUT2D eigenvalue weighted by atomic mass is 16.5. The monoisotopic (exact) mass is 630 g/mol. The fraction of sp³-hybridized carbons (Fsp3) is 0.639. The van der Waals surface area contributed by atoms with Gasteiger partial charge >= 0.3 is 0 Å². The number of Topliss-reactive ketones (excluding diaryl/α,β-unsaturated/α-hetero) is 1. The number of ketones is 1. The van der Waals surface area contributed by atoms with E-state index in [0.29, 0.717) is 55.1 Å². The molecule has 2 saturated carbocycles. The van der Waals surface area contributed by atoms with E-state index in [2.05, 4.69) is 29.0 Å². The quantitative estimate of drug-likeness (QED) is 0.460. The van der Waals surface area contributed by atoms with Gasteiger partial charge < -0.3 is 44.1 Å². The van der Waals surface area contributed by atoms with Gasteiger partial charge in [-0.2, -0.15) is 0 Å². The molecule has 10 unspecified atom stereocenters. The third-order valence-corrected chi connectivity index (χ3v) is 14.5. The SMILES string of the molecule is COc1ccc2c3c1OC1C(=O)C(C4(O)CCC5(O)C6Cc7ccc(OC)c8c7C5(CCN6C)C4O8)CC4(O)C(C2)N(C)CCC314. The molecule has 244 valence electrons. The highest BCUT2D eigenvalue weighted by Crippen LogP contribution is 2.71. The molecule has 2 saturated heterocycles. The number of ether oxygens (including phenoxy) is 4. The third kappa shape index (κ3) is 2.68. The molecule has 0 amide bonds. The number of nitrogens with zero attached hydrogens (tertiary/aromatic N) is 2. The second kappa shape index (κ2) is 8.39. The summed E-state index contributed by atoms with van der Waals surface area (Å²) < 4.78 is 25.1. The van der Waals surface area contributed by atoms with E-state index in [1.807, 2.05) is 19.2 Å². The van der Waals surface area contributed by atoms with Gasteiger partial charge in [-0.15, -0.1) is 0 Å². The molecule has 0 radical (unpaired) electrons. The van der Waals surface area contributed by atoms with Crippen LogP contribution in [-0.4, -0.2) is 113 Å². The number of methoxy groups -OCH3 is 2. The van der Waals surface area contributed by atoms with Crippen LogP contribution in [-0.2, 0) is 28.5 Å². The van der Waals surface area contributed by atoms with Crippen LogP contribution in [0.5, 0.6) is 23.0 Å². The fourth-order valence-corrected chi connectivity index (χ4v) is 12.5. The standard InChI is InChI=1S/C36H42N2O8/c1-37-14-12-33-26-19-6-8-22(44-4)29(26)46-31(33)34(40,9-10-35(33,41)23(37)15-19)20-17-36(42)24-16-18-5-7-21(43-3)28-25(18)32(36,11-13-38(24)2)30(45-28)27(20)39/h5-8,20,23-24,30-31,40-42H,9-17H2,1-4H3. The number of piperidine rings is 2. The molecule has 8 aliphatic rings. The van der Waals surface area contributed by atoms with Crippen molar-refractivity contribution < 1.29 is 39.1 Å². The van der Waals surface area contributed by atoms with Crippen molar-refractivity contribution in [1.29, 1.82) is 0 Å². The van der Waals surface area contributed by atoms with E-state index in [1.165, 1.54) is 0 Å². The molecule has 46 heavy (non-hydrogen) atoms. The Morgan fingerprint density at radius 1 is 0.761 bits per heavy atom. The van der Waals surface area contributed by atoms with Crippen LogP contribution in [0.15, 0.2) is 24.3 Å². The number of carbonyl (C=O) groups excluding carboxylic acids is 1. The van der Waals surface area contributed by atoms with Gasteiger partial charge in [0.15, 0.2) is 34.9 Å². The number of hydrogen-bond acceptors (Lipinski definition) is 10. The summed E-state index contributed by atoms with van der Waals surface area (Å²) in [6.45, 7) is 1.45. The first-order valence-corrected chi connectivity index (χ1v) is 16.9. The summed E-state index contributed by atoms with van der Waals surface area (Å²) in [4.78, 5) is 19.6. The van der Waals surface area contributed by atoms with E-state index >= 15 is 4.79 Å². The summed E-state index contributed by atoms with van der Waals surface area (Å²) in [7, 11) is 7.31. The summed E-state index contributed by atoms with van der Waals surface area (Å²) in [6.07, 6.45) is 1.12. The van der Waals surface area contributed by atoms with Crippen LogP contribution >= 0.6 is 0 Å². The summed E-state index contributed by atoms with van der Waals surface area (Å²) in [6, 6.07) is 7.52. The average Bonchev–Trinajstić information content (AvgIpc) is 3.59. The zero-order chi connectivity index (χ0) is 31.8. The molecular formula is C36H42N2O8. The van der Waals surface area contributed by atoms with Gasteiger partial charge in [0, 0.05) is 23.2 Å². The molecule has 3 N–H and O–H groups in total. The van der Waals surface area contributed by atoms with E-state index in [9.17, 15) is 15.3 Å². The van der Waals surface area contributed by atoms with Crippen LogP contribution in [0.2, 0.25) is 0 Å². The average molecular weight is 631 g/mol. The van der Waals surface area contributed by atoms with E-state index in [4.69, 9.17) is 18.9 Å². The second-order valence-corrected chi connectivity index (χ2v) is 15.6. The Labute approximate surface area is 268 Å². The van der Waals surface area contributed by atoms with Gasteiger partial charge in [0.05, 0.1) is 42.2 Å². The minimum atomic E-state index is -1.67. The van der Waals surface area contributed by atoms with Crippen LogP contribution in [0.3, 0.4) is 0 Å². The minimum Gasteiger partial charge on any atom is -0.493 e. The van der Waals surface area contributed by atoms with E-state index < -0.39 is 45.8 Å². The highest BCUT2D eigenvalue weighted by molar-refractivity contribution is 5.93. The highest BCUT2D eigenvalue weighted by Gasteiger charge is 2.81. The number of rotatable bonds is 3. The Balaban J connectivity index is 1.16. The van der Waals surface area contributed by atoms with Crippen molar-refractivity contribution in [2.24, 2.45) is 5.92 Å². The number of likely N-dealkylation sites (tertiary alicyclic amines) is 2. The van der Waals surface area contributed by atoms with E-state index in [0.717, 1.165) is 35.3 Å². The number of carbonyl (C=O) groups is 1. The number of benzene rings is 2. The lowest BCUT2D eigenvalue weighted by Gasteiger charge is -2.68. The van der Waals surface area contributed by atoms with Gasteiger partial charge in [-0.25, -0.2) is 0 Å². The summed E-state index contributed by atoms with van der Waals surface area (Å²) in [5.74, 6) is 1.07. The maximum absolute atomic E-state index is 15.1. The molecule has 10 rings (SSSR count). The van der Waals surface area contributed by atoms with E-state index in [-0.39, 0.29) is 30.7 Å². The van der Waals surface area contributed by atoms with Crippen LogP contribution < -0.4 is 18.9 Å². The lowest BCUT2D eigenvalue weighted by molar-refractivity contribution is -0.260. The van der Waals surface area contributed by atoms with Crippen molar-refractivity contribution in [3.8, 4) is 23.0 Å². The number of likely N-dealkylation sites (N-methyl/N-ethyl adjacent to an activating group) is 2. The van der Waals surface area contributed by atoms with Crippen LogP contribution in [0.4, 0.5) is 0 Å². The molecule has 4 aliphatic carbocycles. The molecular weight excluding hydrogens is 588 g/mol. The zero-order valence-corrected chi connectivity index (χ0v) is 26.8. The Morgan fingerprint density at radius 2 is 1.33 bits per heavy atom. The maximum atomic E-state index is 15.1.